The molecule has 7 heteroatoms. The number of ether oxygens (including phenoxy) is 1. The number of aryl methyl sites for hydroxylation is 2. The van der Waals surface area contributed by atoms with Crippen LogP contribution < -0.4 is 4.90 Å². The number of morpholine rings is 1. The molecule has 2 heterocycles. The van der Waals surface area contributed by atoms with E-state index in [9.17, 15) is 4.79 Å². The largest absolute Gasteiger partial charge is 0.379 e. The molecule has 0 aliphatic carbocycles. The molecule has 2 aromatic carbocycles. The average Bonchev–Trinajstić information content (AvgIpc) is 3.16. The highest BCUT2D eigenvalue weighted by Gasteiger charge is 2.23. The fourth-order valence-electron chi connectivity index (χ4n) is 3.46. The molecule has 1 amide bonds. The van der Waals surface area contributed by atoms with E-state index >= 15 is 0 Å². The minimum absolute atomic E-state index is 0.0748. The number of rotatable bonds is 5. The molecule has 0 N–H and O–H groups in total. The minimum Gasteiger partial charge on any atom is -0.379 e. The number of carbonyl (C=O) groups is 1. The molecule has 1 aliphatic heterocycles. The first-order chi connectivity index (χ1) is 14.0. The smallest absolute Gasteiger partial charge is 0.260 e. The molecule has 1 aliphatic rings. The lowest BCUT2D eigenvalue weighted by Gasteiger charge is -2.29. The molecule has 0 atom stereocenters. The number of benzene rings is 2. The van der Waals surface area contributed by atoms with Gasteiger partial charge in [0.25, 0.3) is 5.91 Å². The van der Waals surface area contributed by atoms with E-state index in [1.165, 1.54) is 5.56 Å². The summed E-state index contributed by atoms with van der Waals surface area (Å²) in [6, 6.07) is 11.3. The summed E-state index contributed by atoms with van der Waals surface area (Å²) in [5.41, 5.74) is 3.91. The van der Waals surface area contributed by atoms with Gasteiger partial charge in [-0.3, -0.25) is 14.6 Å². The van der Waals surface area contributed by atoms with E-state index < -0.39 is 0 Å². The van der Waals surface area contributed by atoms with Gasteiger partial charge in [0.15, 0.2) is 5.13 Å². The fraction of sp³-hybridized carbons (Fsp3) is 0.364. The lowest BCUT2D eigenvalue weighted by molar-refractivity contribution is 0.0391. The van der Waals surface area contributed by atoms with Crippen molar-refractivity contribution in [2.75, 3.05) is 44.3 Å². The molecule has 3 aromatic rings. The van der Waals surface area contributed by atoms with Crippen LogP contribution in [0.3, 0.4) is 0 Å². The van der Waals surface area contributed by atoms with E-state index in [2.05, 4.69) is 30.9 Å². The summed E-state index contributed by atoms with van der Waals surface area (Å²) in [6.07, 6.45) is 0. The van der Waals surface area contributed by atoms with Crippen molar-refractivity contribution >= 4 is 44.2 Å². The quantitative estimate of drug-likeness (QED) is 0.597. The molecule has 1 aromatic heterocycles. The second kappa shape index (κ2) is 8.79. The van der Waals surface area contributed by atoms with Crippen molar-refractivity contribution in [2.45, 2.75) is 13.8 Å². The van der Waals surface area contributed by atoms with Crippen molar-refractivity contribution in [1.82, 2.24) is 9.88 Å². The van der Waals surface area contributed by atoms with Crippen LogP contribution >= 0.6 is 22.9 Å². The van der Waals surface area contributed by atoms with Gasteiger partial charge >= 0.3 is 0 Å². The van der Waals surface area contributed by atoms with Gasteiger partial charge in [0, 0.05) is 36.8 Å². The molecule has 152 valence electrons. The summed E-state index contributed by atoms with van der Waals surface area (Å²) in [5, 5.41) is 1.28. The number of thiazole rings is 1. The number of amides is 1. The van der Waals surface area contributed by atoms with Crippen LogP contribution in [0.4, 0.5) is 5.13 Å². The van der Waals surface area contributed by atoms with E-state index in [4.69, 9.17) is 21.3 Å². The van der Waals surface area contributed by atoms with E-state index in [1.54, 1.807) is 34.4 Å². The third-order valence-corrected chi connectivity index (χ3v) is 6.64. The van der Waals surface area contributed by atoms with Gasteiger partial charge in [-0.05, 0) is 49.2 Å². The van der Waals surface area contributed by atoms with Gasteiger partial charge in [0.1, 0.15) is 0 Å². The Morgan fingerprint density at radius 2 is 2.03 bits per heavy atom. The maximum Gasteiger partial charge on any atom is 0.260 e. The van der Waals surface area contributed by atoms with Crippen molar-refractivity contribution in [3.63, 3.8) is 0 Å². The highest BCUT2D eigenvalue weighted by molar-refractivity contribution is 7.22. The summed E-state index contributed by atoms with van der Waals surface area (Å²) in [5.74, 6) is -0.0748. The highest BCUT2D eigenvalue weighted by Crippen LogP contribution is 2.32. The molecular weight excluding hydrogens is 406 g/mol. The number of nitrogens with zero attached hydrogens (tertiary/aromatic N) is 3. The summed E-state index contributed by atoms with van der Waals surface area (Å²) < 4.78 is 6.53. The molecule has 1 fully saturated rings. The lowest BCUT2D eigenvalue weighted by Crippen LogP contribution is -2.43. The SMILES string of the molecule is Cc1ccc2sc(N(CCN3CCOCC3)C(=O)c3cccc(Cl)c3)nc2c1C. The predicted molar refractivity (Wildman–Crippen MR) is 119 cm³/mol. The maximum absolute atomic E-state index is 13.4. The number of aromatic nitrogens is 1. The standard InChI is InChI=1S/C22H24ClN3O2S/c1-15-6-7-19-20(16(15)2)24-22(29-19)26(9-8-25-10-12-28-13-11-25)21(27)17-4-3-5-18(23)14-17/h3-7,14H,8-13H2,1-2H3. The molecule has 0 radical (unpaired) electrons. The zero-order chi connectivity index (χ0) is 20.4. The monoisotopic (exact) mass is 429 g/mol. The van der Waals surface area contributed by atoms with Gasteiger partial charge in [0.05, 0.1) is 23.4 Å². The Kier molecular flexibility index (Phi) is 6.15. The predicted octanol–water partition coefficient (Wildman–Crippen LogP) is 4.55. The van der Waals surface area contributed by atoms with Crippen LogP contribution in [0.5, 0.6) is 0 Å². The Hall–Kier alpha value is -1.99. The van der Waals surface area contributed by atoms with E-state index in [-0.39, 0.29) is 5.91 Å². The summed E-state index contributed by atoms with van der Waals surface area (Å²) in [7, 11) is 0. The van der Waals surface area contributed by atoms with Gasteiger partial charge in [-0.1, -0.05) is 35.1 Å². The number of anilines is 1. The van der Waals surface area contributed by atoms with Crippen molar-refractivity contribution in [3.8, 4) is 0 Å². The topological polar surface area (TPSA) is 45.7 Å². The van der Waals surface area contributed by atoms with Crippen LogP contribution in [0, 0.1) is 13.8 Å². The highest BCUT2D eigenvalue weighted by atomic mass is 35.5. The first kappa shape index (κ1) is 20.3. The summed E-state index contributed by atoms with van der Waals surface area (Å²) >= 11 is 7.69. The Balaban J connectivity index is 1.67. The summed E-state index contributed by atoms with van der Waals surface area (Å²) in [6.45, 7) is 8.77. The zero-order valence-corrected chi connectivity index (χ0v) is 18.2. The molecule has 1 saturated heterocycles. The van der Waals surface area contributed by atoms with Gasteiger partial charge in [0.2, 0.25) is 0 Å². The Labute approximate surface area is 179 Å². The Morgan fingerprint density at radius 3 is 2.79 bits per heavy atom. The molecular formula is C22H24ClN3O2S. The van der Waals surface area contributed by atoms with E-state index in [0.717, 1.165) is 53.8 Å². The number of halogens is 1. The van der Waals surface area contributed by atoms with Crippen LogP contribution in [-0.4, -0.2) is 55.2 Å². The van der Waals surface area contributed by atoms with Crippen LogP contribution in [0.1, 0.15) is 21.5 Å². The summed E-state index contributed by atoms with van der Waals surface area (Å²) in [4.78, 5) is 22.4. The van der Waals surface area contributed by atoms with E-state index in [0.29, 0.717) is 17.1 Å². The molecule has 0 saturated carbocycles. The van der Waals surface area contributed by atoms with Crippen LogP contribution in [0.2, 0.25) is 5.02 Å². The normalized spacial score (nSPS) is 15.0. The molecule has 0 unspecified atom stereocenters. The fourth-order valence-corrected chi connectivity index (χ4v) is 4.70. The van der Waals surface area contributed by atoms with Gasteiger partial charge < -0.3 is 4.74 Å². The Morgan fingerprint density at radius 1 is 1.24 bits per heavy atom. The maximum atomic E-state index is 13.4. The molecule has 0 bridgehead atoms. The van der Waals surface area contributed by atoms with Gasteiger partial charge in [-0.15, -0.1) is 0 Å². The second-order valence-electron chi connectivity index (χ2n) is 7.27. The van der Waals surface area contributed by atoms with Crippen molar-refractivity contribution in [3.05, 3.63) is 58.1 Å². The Bertz CT molecular complexity index is 1030. The average molecular weight is 430 g/mol. The molecule has 29 heavy (non-hydrogen) atoms. The number of carbonyl (C=O) groups excluding carboxylic acids is 1. The minimum atomic E-state index is -0.0748. The zero-order valence-electron chi connectivity index (χ0n) is 16.7. The van der Waals surface area contributed by atoms with Crippen molar-refractivity contribution in [1.29, 1.82) is 0 Å². The first-order valence-electron chi connectivity index (χ1n) is 9.77. The third-order valence-electron chi connectivity index (χ3n) is 5.36. The van der Waals surface area contributed by atoms with Crippen molar-refractivity contribution in [2.24, 2.45) is 0 Å². The van der Waals surface area contributed by atoms with Crippen LogP contribution in [0.15, 0.2) is 36.4 Å². The van der Waals surface area contributed by atoms with Gasteiger partial charge in [-0.25, -0.2) is 4.98 Å². The number of hydrogen-bond donors (Lipinski definition) is 0. The van der Waals surface area contributed by atoms with Crippen LogP contribution in [-0.2, 0) is 4.74 Å². The first-order valence-corrected chi connectivity index (χ1v) is 11.0. The third kappa shape index (κ3) is 4.46. The number of fused-ring (bicyclic) bond motifs is 1. The lowest BCUT2D eigenvalue weighted by atomic mass is 10.1. The van der Waals surface area contributed by atoms with Gasteiger partial charge in [-0.2, -0.15) is 0 Å². The second-order valence-corrected chi connectivity index (χ2v) is 8.72. The molecule has 0 spiro atoms. The molecule has 4 rings (SSSR count). The molecule has 5 nitrogen and oxygen atoms in total. The van der Waals surface area contributed by atoms with Crippen molar-refractivity contribution < 1.29 is 9.53 Å². The van der Waals surface area contributed by atoms with E-state index in [1.807, 2.05) is 6.07 Å². The number of hydrogen-bond acceptors (Lipinski definition) is 5. The van der Waals surface area contributed by atoms with Crippen LogP contribution in [0.25, 0.3) is 10.2 Å².